The molecule has 0 saturated carbocycles. The number of nitrogens with zero attached hydrogens (tertiary/aromatic N) is 5. The summed E-state index contributed by atoms with van der Waals surface area (Å²) in [5.41, 5.74) is 2.30. The summed E-state index contributed by atoms with van der Waals surface area (Å²) in [7, 11) is 1.83. The Balaban J connectivity index is 1.51. The van der Waals surface area contributed by atoms with E-state index in [4.69, 9.17) is 0 Å². The minimum atomic E-state index is -0.355. The number of halogens is 1. The molecule has 1 amide bonds. The van der Waals surface area contributed by atoms with Gasteiger partial charge in [0.05, 0.1) is 5.75 Å². The number of thioether (sulfide) groups is 1. The zero-order chi connectivity index (χ0) is 19.7. The molecule has 0 saturated heterocycles. The van der Waals surface area contributed by atoms with E-state index in [1.54, 1.807) is 40.2 Å². The molecule has 0 spiro atoms. The number of carbonyl (C=O) groups is 1. The van der Waals surface area contributed by atoms with Crippen molar-refractivity contribution in [1.29, 1.82) is 0 Å². The largest absolute Gasteiger partial charge is 0.337 e. The molecule has 144 valence electrons. The predicted molar refractivity (Wildman–Crippen MR) is 103 cm³/mol. The molecule has 0 radical (unpaired) electrons. The molecule has 4 rings (SSSR count). The maximum absolute atomic E-state index is 13.2. The highest BCUT2D eigenvalue weighted by atomic mass is 32.2. The van der Waals surface area contributed by atoms with Gasteiger partial charge in [-0.3, -0.25) is 14.2 Å². The van der Waals surface area contributed by atoms with E-state index in [-0.39, 0.29) is 23.0 Å². The number of amides is 1. The number of hydrogen-bond acceptors (Lipinski definition) is 5. The van der Waals surface area contributed by atoms with Gasteiger partial charge in [-0.25, -0.2) is 4.39 Å². The number of hydrogen-bond donors (Lipinski definition) is 0. The smallest absolute Gasteiger partial charge is 0.255 e. The van der Waals surface area contributed by atoms with Gasteiger partial charge in [0.25, 0.3) is 5.56 Å². The van der Waals surface area contributed by atoms with Crippen LogP contribution in [0, 0.1) is 5.82 Å². The van der Waals surface area contributed by atoms with Crippen molar-refractivity contribution in [2.75, 3.05) is 12.3 Å². The Bertz CT molecular complexity index is 1080. The molecular weight excluding hydrogens is 381 g/mol. The van der Waals surface area contributed by atoms with Crippen molar-refractivity contribution >= 4 is 17.7 Å². The van der Waals surface area contributed by atoms with Gasteiger partial charge in [0.15, 0.2) is 5.16 Å². The molecule has 3 aromatic rings. The monoisotopic (exact) mass is 399 g/mol. The highest BCUT2D eigenvalue weighted by molar-refractivity contribution is 7.99. The van der Waals surface area contributed by atoms with Crippen LogP contribution < -0.4 is 5.56 Å². The van der Waals surface area contributed by atoms with Crippen LogP contribution in [0.4, 0.5) is 4.39 Å². The first-order chi connectivity index (χ1) is 13.5. The fourth-order valence-electron chi connectivity index (χ4n) is 3.17. The number of fused-ring (bicyclic) bond motifs is 1. The molecule has 1 aliphatic rings. The molecule has 1 aliphatic heterocycles. The molecule has 0 aliphatic carbocycles. The van der Waals surface area contributed by atoms with Crippen LogP contribution >= 0.6 is 11.8 Å². The van der Waals surface area contributed by atoms with E-state index in [9.17, 15) is 14.0 Å². The number of pyridine rings is 1. The topological polar surface area (TPSA) is 73.0 Å². The predicted octanol–water partition coefficient (Wildman–Crippen LogP) is 1.78. The van der Waals surface area contributed by atoms with Gasteiger partial charge in [0, 0.05) is 38.1 Å². The summed E-state index contributed by atoms with van der Waals surface area (Å²) in [6.45, 7) is 1.01. The Morgan fingerprint density at radius 2 is 2.04 bits per heavy atom. The highest BCUT2D eigenvalue weighted by Crippen LogP contribution is 2.21. The molecule has 0 unspecified atom stereocenters. The minimum absolute atomic E-state index is 0.0122. The quantitative estimate of drug-likeness (QED) is 0.626. The van der Waals surface area contributed by atoms with E-state index in [1.807, 2.05) is 7.05 Å². The lowest BCUT2D eigenvalue weighted by Crippen LogP contribution is -2.38. The summed E-state index contributed by atoms with van der Waals surface area (Å²) in [6, 6.07) is 7.37. The molecule has 1 aromatic carbocycles. The van der Waals surface area contributed by atoms with Crippen molar-refractivity contribution in [3.05, 3.63) is 70.2 Å². The first kappa shape index (κ1) is 18.4. The first-order valence-electron chi connectivity index (χ1n) is 8.76. The van der Waals surface area contributed by atoms with Gasteiger partial charge in [-0.05, 0) is 41.8 Å². The zero-order valence-corrected chi connectivity index (χ0v) is 16.0. The van der Waals surface area contributed by atoms with Crippen LogP contribution in [0.1, 0.15) is 11.1 Å². The number of carbonyl (C=O) groups excluding carboxylic acids is 1. The third-order valence-electron chi connectivity index (χ3n) is 4.70. The Labute approximate surface area is 164 Å². The molecule has 0 atom stereocenters. The average Bonchev–Trinajstić information content (AvgIpc) is 3.11. The minimum Gasteiger partial charge on any atom is -0.337 e. The second-order valence-corrected chi connectivity index (χ2v) is 7.53. The summed E-state index contributed by atoms with van der Waals surface area (Å²) in [6.07, 6.45) is 3.98. The lowest BCUT2D eigenvalue weighted by molar-refractivity contribution is -0.129. The lowest BCUT2D eigenvalue weighted by Gasteiger charge is -2.29. The van der Waals surface area contributed by atoms with Crippen molar-refractivity contribution in [2.24, 2.45) is 7.05 Å². The van der Waals surface area contributed by atoms with E-state index >= 15 is 0 Å². The van der Waals surface area contributed by atoms with Gasteiger partial charge < -0.3 is 9.47 Å². The fourth-order valence-corrected chi connectivity index (χ4v) is 3.96. The second kappa shape index (κ2) is 7.59. The van der Waals surface area contributed by atoms with E-state index in [0.717, 1.165) is 11.1 Å². The van der Waals surface area contributed by atoms with Gasteiger partial charge in [0.1, 0.15) is 12.1 Å². The van der Waals surface area contributed by atoms with Gasteiger partial charge in [-0.15, -0.1) is 10.2 Å². The molecule has 2 aromatic heterocycles. The standard InChI is InChI=1S/C19H18FN5O2S/c1-23-12-21-22-19(23)28-11-18(27)24-7-6-13-8-17(26)25(10-14(13)9-24)16-4-2-15(20)3-5-16/h2-5,8,10,12H,6-7,9,11H2,1H3. The Hall–Kier alpha value is -2.94. The third-order valence-corrected chi connectivity index (χ3v) is 5.72. The maximum atomic E-state index is 13.2. The molecule has 28 heavy (non-hydrogen) atoms. The second-order valence-electron chi connectivity index (χ2n) is 6.59. The maximum Gasteiger partial charge on any atom is 0.255 e. The van der Waals surface area contributed by atoms with E-state index in [0.29, 0.717) is 30.4 Å². The van der Waals surface area contributed by atoms with Crippen LogP contribution in [0.3, 0.4) is 0 Å². The summed E-state index contributed by atoms with van der Waals surface area (Å²) >= 11 is 1.35. The Morgan fingerprint density at radius 3 is 2.75 bits per heavy atom. The summed E-state index contributed by atoms with van der Waals surface area (Å²) in [5, 5.41) is 8.47. The molecular formula is C19H18FN5O2S. The van der Waals surface area contributed by atoms with Gasteiger partial charge in [-0.1, -0.05) is 11.8 Å². The normalized spacial score (nSPS) is 13.4. The molecule has 0 N–H and O–H groups in total. The Morgan fingerprint density at radius 1 is 1.25 bits per heavy atom. The van der Waals surface area contributed by atoms with Gasteiger partial charge in [0.2, 0.25) is 5.91 Å². The molecule has 9 heteroatoms. The van der Waals surface area contributed by atoms with Crippen molar-refractivity contribution in [3.8, 4) is 5.69 Å². The van der Waals surface area contributed by atoms with E-state index < -0.39 is 0 Å². The molecule has 3 heterocycles. The van der Waals surface area contributed by atoms with Crippen LogP contribution in [-0.2, 0) is 24.8 Å². The highest BCUT2D eigenvalue weighted by Gasteiger charge is 2.22. The number of aryl methyl sites for hydroxylation is 1. The van der Waals surface area contributed by atoms with Crippen LogP contribution in [0.2, 0.25) is 0 Å². The molecule has 0 fully saturated rings. The number of rotatable bonds is 4. The third kappa shape index (κ3) is 3.70. The van der Waals surface area contributed by atoms with E-state index in [2.05, 4.69) is 10.2 Å². The van der Waals surface area contributed by atoms with Crippen LogP contribution in [0.15, 0.2) is 52.8 Å². The van der Waals surface area contributed by atoms with Gasteiger partial charge in [-0.2, -0.15) is 0 Å². The fraction of sp³-hybridized carbons (Fsp3) is 0.263. The SMILES string of the molecule is Cn1cnnc1SCC(=O)N1CCc2cc(=O)n(-c3ccc(F)cc3)cc2C1. The summed E-state index contributed by atoms with van der Waals surface area (Å²) in [5.74, 6) is -0.0652. The summed E-state index contributed by atoms with van der Waals surface area (Å²) in [4.78, 5) is 26.8. The van der Waals surface area contributed by atoms with Crippen molar-refractivity contribution in [2.45, 2.75) is 18.1 Å². The van der Waals surface area contributed by atoms with E-state index in [1.165, 1.54) is 28.5 Å². The molecule has 7 nitrogen and oxygen atoms in total. The van der Waals surface area contributed by atoms with Crippen LogP contribution in [0.25, 0.3) is 5.69 Å². The zero-order valence-electron chi connectivity index (χ0n) is 15.2. The first-order valence-corrected chi connectivity index (χ1v) is 9.75. The Kier molecular flexibility index (Phi) is 4.99. The van der Waals surface area contributed by atoms with Crippen LogP contribution in [-0.4, -0.2) is 42.4 Å². The number of benzene rings is 1. The van der Waals surface area contributed by atoms with Crippen LogP contribution in [0.5, 0.6) is 0 Å². The van der Waals surface area contributed by atoms with Crippen molar-refractivity contribution in [3.63, 3.8) is 0 Å². The molecule has 0 bridgehead atoms. The van der Waals surface area contributed by atoms with Crippen molar-refractivity contribution in [1.82, 2.24) is 24.2 Å². The van der Waals surface area contributed by atoms with Gasteiger partial charge >= 0.3 is 0 Å². The lowest BCUT2D eigenvalue weighted by atomic mass is 10.0. The average molecular weight is 399 g/mol. The number of aromatic nitrogens is 4. The van der Waals surface area contributed by atoms with Crippen molar-refractivity contribution < 1.29 is 9.18 Å². The summed E-state index contributed by atoms with van der Waals surface area (Å²) < 4.78 is 16.4.